The maximum atomic E-state index is 13.7. The van der Waals surface area contributed by atoms with E-state index in [9.17, 15) is 14.0 Å². The van der Waals surface area contributed by atoms with Crippen LogP contribution in [0.4, 0.5) is 10.2 Å². The van der Waals surface area contributed by atoms with Crippen molar-refractivity contribution < 1.29 is 14.0 Å². The van der Waals surface area contributed by atoms with Crippen LogP contribution >= 0.6 is 0 Å². The molecule has 0 radical (unpaired) electrons. The summed E-state index contributed by atoms with van der Waals surface area (Å²) >= 11 is 0. The third-order valence-corrected chi connectivity index (χ3v) is 8.05. The number of nitrogens with zero attached hydrogens (tertiary/aromatic N) is 2. The number of benzene rings is 1. The van der Waals surface area contributed by atoms with E-state index in [1.54, 1.807) is 12.3 Å². The van der Waals surface area contributed by atoms with E-state index in [1.165, 1.54) is 12.1 Å². The average molecular weight is 526 g/mol. The fourth-order valence-corrected chi connectivity index (χ4v) is 5.50. The molecule has 3 aromatic rings. The molecule has 0 saturated heterocycles. The van der Waals surface area contributed by atoms with Gasteiger partial charge in [0.2, 0.25) is 0 Å². The molecule has 2 aliphatic carbocycles. The molecule has 0 bridgehead atoms. The van der Waals surface area contributed by atoms with E-state index in [0.29, 0.717) is 53.1 Å². The molecule has 3 aliphatic rings. The van der Waals surface area contributed by atoms with E-state index in [-0.39, 0.29) is 23.4 Å². The van der Waals surface area contributed by atoms with Crippen molar-refractivity contribution in [3.63, 3.8) is 0 Å². The molecule has 0 spiro atoms. The Balaban J connectivity index is 1.34. The van der Waals surface area contributed by atoms with Gasteiger partial charge in [-0.05, 0) is 66.9 Å². The van der Waals surface area contributed by atoms with E-state index in [0.717, 1.165) is 36.1 Å². The molecule has 1 saturated carbocycles. The first kappa shape index (κ1) is 25.2. The zero-order valence-corrected chi connectivity index (χ0v) is 22.1. The molecule has 2 unspecified atom stereocenters. The number of hydrogen-bond acceptors (Lipinski definition) is 5. The zero-order valence-electron chi connectivity index (χ0n) is 22.1. The number of aromatic nitrogens is 3. The standard InChI is InChI=1S/C31H32FN5O2/c1-17(2)21-13-25-27(26(38)14-21)24(28-29(36-37-30(28)35-25)31(39)34-15-18-6-7-18)11-10-23-9-8-20(16-33-23)19-4-3-5-22(32)12-19/h3-5,8-12,16-18,21,24H,6-7,13-15H2,1-2H3,(H,34,39)(H2,35,36,37)/b11-10+. The SMILES string of the molecule is CC(C)C1CC(=O)C2=C(C1)Nc1[nH]nc(C(=O)NCC3CC3)c1C2/C=C/c1ccc(-c2cccc(F)c2)cn1. The summed E-state index contributed by atoms with van der Waals surface area (Å²) in [5, 5.41) is 13.8. The lowest BCUT2D eigenvalue weighted by Gasteiger charge is -2.35. The van der Waals surface area contributed by atoms with Crippen molar-refractivity contribution in [2.24, 2.45) is 17.8 Å². The second kappa shape index (κ2) is 10.2. The molecular weight excluding hydrogens is 493 g/mol. The molecule has 1 aromatic carbocycles. The number of H-pyrrole nitrogens is 1. The van der Waals surface area contributed by atoms with Crippen LogP contribution in [0.5, 0.6) is 0 Å². The summed E-state index contributed by atoms with van der Waals surface area (Å²) in [6.07, 6.45) is 9.06. The summed E-state index contributed by atoms with van der Waals surface area (Å²) in [5.74, 6) is 0.987. The first-order valence-corrected chi connectivity index (χ1v) is 13.7. The monoisotopic (exact) mass is 525 g/mol. The van der Waals surface area contributed by atoms with E-state index >= 15 is 0 Å². The van der Waals surface area contributed by atoms with Crippen LogP contribution in [0.15, 0.2) is 59.9 Å². The van der Waals surface area contributed by atoms with Gasteiger partial charge in [-0.25, -0.2) is 4.39 Å². The Morgan fingerprint density at radius 2 is 2.03 bits per heavy atom. The minimum absolute atomic E-state index is 0.0997. The molecule has 1 amide bonds. The lowest BCUT2D eigenvalue weighted by molar-refractivity contribution is -0.117. The van der Waals surface area contributed by atoms with Gasteiger partial charge in [0.05, 0.1) is 5.69 Å². The van der Waals surface area contributed by atoms with Crippen LogP contribution in [0.2, 0.25) is 0 Å². The van der Waals surface area contributed by atoms with Gasteiger partial charge in [0.1, 0.15) is 11.6 Å². The van der Waals surface area contributed by atoms with Crippen LogP contribution in [0.25, 0.3) is 17.2 Å². The Morgan fingerprint density at radius 3 is 2.74 bits per heavy atom. The molecule has 1 aliphatic heterocycles. The van der Waals surface area contributed by atoms with Gasteiger partial charge in [-0.15, -0.1) is 0 Å². The van der Waals surface area contributed by atoms with Crippen molar-refractivity contribution in [1.29, 1.82) is 0 Å². The highest BCUT2D eigenvalue weighted by molar-refractivity contribution is 6.03. The first-order valence-electron chi connectivity index (χ1n) is 13.7. The first-order chi connectivity index (χ1) is 18.9. The van der Waals surface area contributed by atoms with Crippen molar-refractivity contribution >= 4 is 23.6 Å². The lowest BCUT2D eigenvalue weighted by Crippen LogP contribution is -2.32. The number of rotatable bonds is 7. The fourth-order valence-electron chi connectivity index (χ4n) is 5.50. The summed E-state index contributed by atoms with van der Waals surface area (Å²) < 4.78 is 13.7. The Kier molecular flexibility index (Phi) is 6.62. The molecule has 7 nitrogen and oxygen atoms in total. The highest BCUT2D eigenvalue weighted by Gasteiger charge is 2.40. The molecule has 1 fully saturated rings. The number of carbonyl (C=O) groups excluding carboxylic acids is 2. The average Bonchev–Trinajstić information content (AvgIpc) is 3.67. The molecule has 2 aromatic heterocycles. The van der Waals surface area contributed by atoms with Crippen molar-refractivity contribution in [1.82, 2.24) is 20.5 Å². The number of ketones is 1. The smallest absolute Gasteiger partial charge is 0.272 e. The summed E-state index contributed by atoms with van der Waals surface area (Å²) in [4.78, 5) is 31.2. The molecule has 200 valence electrons. The summed E-state index contributed by atoms with van der Waals surface area (Å²) in [6.45, 7) is 4.93. The maximum Gasteiger partial charge on any atom is 0.272 e. The minimum Gasteiger partial charge on any atom is -0.350 e. The van der Waals surface area contributed by atoms with Gasteiger partial charge in [0.15, 0.2) is 11.5 Å². The molecule has 2 atom stereocenters. The van der Waals surface area contributed by atoms with Gasteiger partial charge in [0.25, 0.3) is 5.91 Å². The number of Topliss-reactive ketones (excluding diaryl/α,β-unsaturated/α-hetero) is 1. The van der Waals surface area contributed by atoms with Crippen LogP contribution in [0, 0.1) is 23.6 Å². The molecule has 39 heavy (non-hydrogen) atoms. The van der Waals surface area contributed by atoms with Crippen LogP contribution in [0.1, 0.15) is 67.2 Å². The maximum absolute atomic E-state index is 13.7. The normalized spacial score (nSPS) is 20.7. The number of fused-ring (bicyclic) bond motifs is 1. The molecule has 3 N–H and O–H groups in total. The van der Waals surface area contributed by atoms with E-state index in [2.05, 4.69) is 39.7 Å². The molecule has 6 rings (SSSR count). The Labute approximate surface area is 227 Å². The summed E-state index contributed by atoms with van der Waals surface area (Å²) in [7, 11) is 0. The Morgan fingerprint density at radius 1 is 1.18 bits per heavy atom. The molecule has 3 heterocycles. The number of amides is 1. The largest absolute Gasteiger partial charge is 0.350 e. The second-order valence-electron chi connectivity index (χ2n) is 11.2. The number of nitrogens with one attached hydrogen (secondary N) is 3. The Bertz CT molecular complexity index is 1480. The predicted molar refractivity (Wildman–Crippen MR) is 148 cm³/mol. The quantitative estimate of drug-likeness (QED) is 0.359. The zero-order chi connectivity index (χ0) is 27.1. The summed E-state index contributed by atoms with van der Waals surface area (Å²) in [6, 6.07) is 10.2. The van der Waals surface area contributed by atoms with Crippen molar-refractivity contribution in [3.05, 3.63) is 82.7 Å². The Hall–Kier alpha value is -4.07. The third-order valence-electron chi connectivity index (χ3n) is 8.05. The highest BCUT2D eigenvalue weighted by Crippen LogP contribution is 2.45. The van der Waals surface area contributed by atoms with Crippen molar-refractivity contribution in [2.75, 3.05) is 11.9 Å². The number of hydrogen-bond donors (Lipinski definition) is 3. The van der Waals surface area contributed by atoms with Gasteiger partial charge in [-0.2, -0.15) is 5.10 Å². The number of pyridine rings is 1. The molecule has 8 heteroatoms. The van der Waals surface area contributed by atoms with Gasteiger partial charge < -0.3 is 10.6 Å². The molecular formula is C31H32FN5O2. The predicted octanol–water partition coefficient (Wildman–Crippen LogP) is 5.86. The van der Waals surface area contributed by atoms with Gasteiger partial charge >= 0.3 is 0 Å². The van der Waals surface area contributed by atoms with Crippen LogP contribution in [0.3, 0.4) is 0 Å². The highest BCUT2D eigenvalue weighted by atomic mass is 19.1. The fraction of sp³-hybridized carbons (Fsp3) is 0.355. The third kappa shape index (κ3) is 5.15. The number of carbonyl (C=O) groups is 2. The van der Waals surface area contributed by atoms with Crippen LogP contribution in [-0.2, 0) is 4.79 Å². The van der Waals surface area contributed by atoms with Gasteiger partial charge in [-0.1, -0.05) is 38.1 Å². The van der Waals surface area contributed by atoms with E-state index in [1.807, 2.05) is 30.4 Å². The van der Waals surface area contributed by atoms with E-state index < -0.39 is 5.92 Å². The van der Waals surface area contributed by atoms with Gasteiger partial charge in [0, 0.05) is 47.5 Å². The number of anilines is 1. The van der Waals surface area contributed by atoms with Crippen molar-refractivity contribution in [2.45, 2.75) is 45.4 Å². The van der Waals surface area contributed by atoms with E-state index in [4.69, 9.17) is 0 Å². The van der Waals surface area contributed by atoms with Crippen LogP contribution < -0.4 is 10.6 Å². The minimum atomic E-state index is -0.429. The number of allylic oxidation sites excluding steroid dienone is 3. The summed E-state index contributed by atoms with van der Waals surface area (Å²) in [5.41, 5.74) is 4.86. The topological polar surface area (TPSA) is 99.8 Å². The number of halogens is 1. The van der Waals surface area contributed by atoms with Crippen molar-refractivity contribution in [3.8, 4) is 11.1 Å². The second-order valence-corrected chi connectivity index (χ2v) is 11.2. The lowest BCUT2D eigenvalue weighted by atomic mass is 9.73. The van der Waals surface area contributed by atoms with Crippen LogP contribution in [-0.4, -0.2) is 33.4 Å². The number of aromatic amines is 1. The van der Waals surface area contributed by atoms with Gasteiger partial charge in [-0.3, -0.25) is 19.7 Å².